The van der Waals surface area contributed by atoms with Gasteiger partial charge in [-0.2, -0.15) is 0 Å². The van der Waals surface area contributed by atoms with Crippen LogP contribution >= 0.6 is 11.3 Å². The molecule has 1 N–H and O–H groups in total. The van der Waals surface area contributed by atoms with Crippen LogP contribution in [0.25, 0.3) is 10.6 Å². The first-order chi connectivity index (χ1) is 7.29. The summed E-state index contributed by atoms with van der Waals surface area (Å²) < 4.78 is 0. The van der Waals surface area contributed by atoms with Crippen LogP contribution < -0.4 is 5.32 Å². The van der Waals surface area contributed by atoms with E-state index >= 15 is 0 Å². The van der Waals surface area contributed by atoms with Gasteiger partial charge in [0.05, 0.1) is 0 Å². The molecule has 0 aliphatic rings. The third-order valence-corrected chi connectivity index (χ3v) is 3.22. The first-order valence-electron chi connectivity index (χ1n) is 4.96. The molecule has 1 aromatic heterocycles. The molecular formula is C12H14N2S. The number of benzene rings is 1. The predicted octanol–water partition coefficient (Wildman–Crippen LogP) is 2.84. The molecule has 0 aliphatic heterocycles. The van der Waals surface area contributed by atoms with E-state index in [1.165, 1.54) is 16.0 Å². The Hall–Kier alpha value is -1.19. The van der Waals surface area contributed by atoms with Crippen LogP contribution in [0.2, 0.25) is 0 Å². The minimum atomic E-state index is 0.892. The van der Waals surface area contributed by atoms with Crippen molar-refractivity contribution in [3.63, 3.8) is 0 Å². The van der Waals surface area contributed by atoms with Gasteiger partial charge >= 0.3 is 0 Å². The average molecular weight is 218 g/mol. The maximum atomic E-state index is 4.42. The normalized spacial score (nSPS) is 10.5. The minimum absolute atomic E-state index is 0.892. The van der Waals surface area contributed by atoms with Gasteiger partial charge in [0.25, 0.3) is 0 Å². The molecule has 0 fully saturated rings. The van der Waals surface area contributed by atoms with E-state index in [1.54, 1.807) is 11.3 Å². The Morgan fingerprint density at radius 1 is 1.40 bits per heavy atom. The highest BCUT2D eigenvalue weighted by Crippen LogP contribution is 2.25. The lowest BCUT2D eigenvalue weighted by atomic mass is 10.1. The summed E-state index contributed by atoms with van der Waals surface area (Å²) in [6.45, 7) is 3.00. The topological polar surface area (TPSA) is 24.9 Å². The van der Waals surface area contributed by atoms with Gasteiger partial charge in [0, 0.05) is 23.2 Å². The number of nitrogens with zero attached hydrogens (tertiary/aromatic N) is 1. The molecule has 2 nitrogen and oxygen atoms in total. The Kier molecular flexibility index (Phi) is 3.14. The highest BCUT2D eigenvalue weighted by atomic mass is 32.1. The fourth-order valence-electron chi connectivity index (χ4n) is 1.48. The molecule has 0 radical (unpaired) electrons. The third-order valence-electron chi connectivity index (χ3n) is 2.17. The van der Waals surface area contributed by atoms with Crippen molar-refractivity contribution in [2.75, 3.05) is 7.05 Å². The van der Waals surface area contributed by atoms with Gasteiger partial charge in [0.1, 0.15) is 5.01 Å². The summed E-state index contributed by atoms with van der Waals surface area (Å²) in [5.41, 5.74) is 2.49. The molecule has 0 unspecified atom stereocenters. The van der Waals surface area contributed by atoms with Crippen LogP contribution in [0.3, 0.4) is 0 Å². The number of aromatic nitrogens is 1. The zero-order chi connectivity index (χ0) is 10.7. The largest absolute Gasteiger partial charge is 0.315 e. The van der Waals surface area contributed by atoms with Crippen LogP contribution in [0.15, 0.2) is 30.5 Å². The molecule has 78 valence electrons. The Labute approximate surface area is 94.0 Å². The van der Waals surface area contributed by atoms with Crippen LogP contribution in [0.4, 0.5) is 0 Å². The first kappa shape index (κ1) is 10.3. The summed E-state index contributed by atoms with van der Waals surface area (Å²) in [6.07, 6.45) is 1.94. The van der Waals surface area contributed by atoms with E-state index in [-0.39, 0.29) is 0 Å². The SMILES string of the molecule is CNCc1cnc(-c2cccc(C)c2)s1. The van der Waals surface area contributed by atoms with E-state index in [0.29, 0.717) is 0 Å². The summed E-state index contributed by atoms with van der Waals surface area (Å²) in [5.74, 6) is 0. The Morgan fingerprint density at radius 3 is 3.00 bits per heavy atom. The second-order valence-corrected chi connectivity index (χ2v) is 4.65. The molecule has 0 saturated heterocycles. The van der Waals surface area contributed by atoms with Crippen molar-refractivity contribution in [3.05, 3.63) is 40.9 Å². The van der Waals surface area contributed by atoms with Crippen LogP contribution in [0.5, 0.6) is 0 Å². The summed E-state index contributed by atoms with van der Waals surface area (Å²) in [7, 11) is 1.95. The molecule has 0 bridgehead atoms. The van der Waals surface area contributed by atoms with Gasteiger partial charge < -0.3 is 5.32 Å². The van der Waals surface area contributed by atoms with Crippen molar-refractivity contribution < 1.29 is 0 Å². The Bertz CT molecular complexity index is 448. The van der Waals surface area contributed by atoms with Gasteiger partial charge in [0.15, 0.2) is 0 Å². The monoisotopic (exact) mass is 218 g/mol. The fraction of sp³-hybridized carbons (Fsp3) is 0.250. The second-order valence-electron chi connectivity index (χ2n) is 3.53. The standard InChI is InChI=1S/C12H14N2S/c1-9-4-3-5-10(6-9)12-14-8-11(15-12)7-13-2/h3-6,8,13H,7H2,1-2H3. The first-order valence-corrected chi connectivity index (χ1v) is 5.77. The minimum Gasteiger partial charge on any atom is -0.315 e. The van der Waals surface area contributed by atoms with Gasteiger partial charge in [-0.3, -0.25) is 0 Å². The summed E-state index contributed by atoms with van der Waals surface area (Å²) in [4.78, 5) is 5.70. The number of rotatable bonds is 3. The van der Waals surface area contributed by atoms with Gasteiger partial charge in [0.2, 0.25) is 0 Å². The number of aryl methyl sites for hydroxylation is 1. The van der Waals surface area contributed by atoms with E-state index in [4.69, 9.17) is 0 Å². The van der Waals surface area contributed by atoms with Crippen molar-refractivity contribution in [2.24, 2.45) is 0 Å². The molecule has 15 heavy (non-hydrogen) atoms. The molecule has 2 aromatic rings. The quantitative estimate of drug-likeness (QED) is 0.857. The average Bonchev–Trinajstić information content (AvgIpc) is 2.67. The van der Waals surface area contributed by atoms with Crippen molar-refractivity contribution in [1.82, 2.24) is 10.3 Å². The van der Waals surface area contributed by atoms with Crippen LogP contribution in [0.1, 0.15) is 10.4 Å². The Morgan fingerprint density at radius 2 is 2.27 bits per heavy atom. The lowest BCUT2D eigenvalue weighted by Crippen LogP contribution is -2.02. The molecular weight excluding hydrogens is 204 g/mol. The molecule has 0 saturated carbocycles. The van der Waals surface area contributed by atoms with Crippen LogP contribution in [0, 0.1) is 6.92 Å². The van der Waals surface area contributed by atoms with Crippen molar-refractivity contribution >= 4 is 11.3 Å². The summed E-state index contributed by atoms with van der Waals surface area (Å²) in [6, 6.07) is 8.45. The van der Waals surface area contributed by atoms with Gasteiger partial charge in [-0.05, 0) is 20.0 Å². The molecule has 1 aromatic carbocycles. The molecule has 0 atom stereocenters. The number of hydrogen-bond donors (Lipinski definition) is 1. The summed E-state index contributed by atoms with van der Waals surface area (Å²) in [5, 5.41) is 4.23. The third kappa shape index (κ3) is 2.43. The second kappa shape index (κ2) is 4.55. The molecule has 3 heteroatoms. The highest BCUT2D eigenvalue weighted by molar-refractivity contribution is 7.15. The number of nitrogens with one attached hydrogen (secondary N) is 1. The van der Waals surface area contributed by atoms with Crippen molar-refractivity contribution in [1.29, 1.82) is 0 Å². The predicted molar refractivity (Wildman–Crippen MR) is 65.1 cm³/mol. The lowest BCUT2D eigenvalue weighted by molar-refractivity contribution is 0.829. The maximum absolute atomic E-state index is 4.42. The number of thiazole rings is 1. The molecule has 0 spiro atoms. The van der Waals surface area contributed by atoms with E-state index in [0.717, 1.165) is 11.6 Å². The van der Waals surface area contributed by atoms with Crippen molar-refractivity contribution in [3.8, 4) is 10.6 Å². The van der Waals surface area contributed by atoms with E-state index in [9.17, 15) is 0 Å². The highest BCUT2D eigenvalue weighted by Gasteiger charge is 2.03. The zero-order valence-electron chi connectivity index (χ0n) is 8.95. The number of hydrogen-bond acceptors (Lipinski definition) is 3. The molecule has 1 heterocycles. The smallest absolute Gasteiger partial charge is 0.123 e. The van der Waals surface area contributed by atoms with E-state index in [2.05, 4.69) is 41.5 Å². The molecule has 0 aliphatic carbocycles. The van der Waals surface area contributed by atoms with E-state index < -0.39 is 0 Å². The van der Waals surface area contributed by atoms with Gasteiger partial charge in [-0.25, -0.2) is 4.98 Å². The fourth-order valence-corrected chi connectivity index (χ4v) is 2.40. The van der Waals surface area contributed by atoms with Gasteiger partial charge in [-0.15, -0.1) is 11.3 Å². The van der Waals surface area contributed by atoms with E-state index in [1.807, 2.05) is 13.2 Å². The Balaban J connectivity index is 2.29. The maximum Gasteiger partial charge on any atom is 0.123 e. The van der Waals surface area contributed by atoms with Crippen molar-refractivity contribution in [2.45, 2.75) is 13.5 Å². The summed E-state index contributed by atoms with van der Waals surface area (Å²) >= 11 is 1.75. The lowest BCUT2D eigenvalue weighted by Gasteiger charge is -1.97. The van der Waals surface area contributed by atoms with Crippen LogP contribution in [-0.4, -0.2) is 12.0 Å². The molecule has 2 rings (SSSR count). The van der Waals surface area contributed by atoms with Gasteiger partial charge in [-0.1, -0.05) is 23.8 Å². The molecule has 0 amide bonds. The zero-order valence-corrected chi connectivity index (χ0v) is 9.77. The van der Waals surface area contributed by atoms with Crippen LogP contribution in [-0.2, 0) is 6.54 Å².